The molecule has 0 fully saturated rings. The van der Waals surface area contributed by atoms with Gasteiger partial charge in [0.15, 0.2) is 6.29 Å². The number of carbonyl (C=O) groups is 1. The number of carbonyl (C=O) groups excluding carboxylic acids is 1. The molecule has 0 unspecified atom stereocenters. The van der Waals surface area contributed by atoms with Gasteiger partial charge >= 0.3 is 0 Å². The summed E-state index contributed by atoms with van der Waals surface area (Å²) in [5.74, 6) is 0.102. The van der Waals surface area contributed by atoms with E-state index in [1.54, 1.807) is 0 Å². The second kappa shape index (κ2) is 6.48. The van der Waals surface area contributed by atoms with Gasteiger partial charge in [0.25, 0.3) is 0 Å². The van der Waals surface area contributed by atoms with Crippen LogP contribution in [0.4, 0.5) is 0 Å². The highest BCUT2D eigenvalue weighted by atomic mass is 79.9. The Balaban J connectivity index is 2.21. The molecule has 104 valence electrons. The zero-order chi connectivity index (χ0) is 14.7. The first-order chi connectivity index (χ1) is 9.52. The van der Waals surface area contributed by atoms with Crippen LogP contribution in [0.3, 0.4) is 0 Å². The molecule has 2 aromatic rings. The molecule has 0 radical (unpaired) electrons. The predicted octanol–water partition coefficient (Wildman–Crippen LogP) is 4.85. The van der Waals surface area contributed by atoms with Crippen molar-refractivity contribution in [3.05, 3.63) is 56.0 Å². The highest BCUT2D eigenvalue weighted by Crippen LogP contribution is 2.33. The van der Waals surface area contributed by atoms with E-state index in [4.69, 9.17) is 27.9 Å². The summed E-state index contributed by atoms with van der Waals surface area (Å²) in [7, 11) is 0. The maximum atomic E-state index is 10.7. The van der Waals surface area contributed by atoms with Gasteiger partial charge < -0.3 is 9.84 Å². The topological polar surface area (TPSA) is 46.5 Å². The molecule has 0 atom stereocenters. The molecule has 0 aromatic heterocycles. The van der Waals surface area contributed by atoms with Crippen molar-refractivity contribution >= 4 is 45.4 Å². The lowest BCUT2D eigenvalue weighted by atomic mass is 10.2. The Morgan fingerprint density at radius 3 is 2.75 bits per heavy atom. The number of aromatic hydroxyl groups is 1. The van der Waals surface area contributed by atoms with Crippen molar-refractivity contribution in [3.63, 3.8) is 0 Å². The van der Waals surface area contributed by atoms with Crippen molar-refractivity contribution in [1.82, 2.24) is 0 Å². The van der Waals surface area contributed by atoms with E-state index in [9.17, 15) is 9.90 Å². The summed E-state index contributed by atoms with van der Waals surface area (Å²) >= 11 is 15.4. The summed E-state index contributed by atoms with van der Waals surface area (Å²) < 4.78 is 6.29. The second-order valence-electron chi connectivity index (χ2n) is 3.96. The summed E-state index contributed by atoms with van der Waals surface area (Å²) in [4.78, 5) is 10.7. The quantitative estimate of drug-likeness (QED) is 0.776. The van der Waals surface area contributed by atoms with Crippen molar-refractivity contribution < 1.29 is 14.6 Å². The third kappa shape index (κ3) is 3.26. The highest BCUT2D eigenvalue weighted by molar-refractivity contribution is 9.10. The Morgan fingerprint density at radius 2 is 2.05 bits per heavy atom. The molecule has 0 heterocycles. The second-order valence-corrected chi connectivity index (χ2v) is 5.60. The zero-order valence-electron chi connectivity index (χ0n) is 10.1. The van der Waals surface area contributed by atoms with Crippen LogP contribution in [0, 0.1) is 0 Å². The van der Waals surface area contributed by atoms with E-state index in [-0.39, 0.29) is 28.7 Å². The maximum Gasteiger partial charge on any atom is 0.153 e. The lowest BCUT2D eigenvalue weighted by molar-refractivity contribution is 0.112. The fourth-order valence-corrected chi connectivity index (χ4v) is 2.39. The molecule has 1 N–H and O–H groups in total. The summed E-state index contributed by atoms with van der Waals surface area (Å²) in [5, 5.41) is 10.4. The van der Waals surface area contributed by atoms with Crippen LogP contribution in [-0.4, -0.2) is 11.4 Å². The average molecular weight is 376 g/mol. The molecule has 0 bridgehead atoms. The molecule has 0 saturated heterocycles. The monoisotopic (exact) mass is 374 g/mol. The Kier molecular flexibility index (Phi) is 4.91. The number of ether oxygens (including phenoxy) is 1. The summed E-state index contributed by atoms with van der Waals surface area (Å²) in [6.45, 7) is 0.192. The fourth-order valence-electron chi connectivity index (χ4n) is 1.58. The number of phenolic OH excluding ortho intramolecular Hbond substituents is 1. The highest BCUT2D eigenvalue weighted by Gasteiger charge is 2.10. The summed E-state index contributed by atoms with van der Waals surface area (Å²) in [6, 6.07) is 8.13. The molecule has 0 amide bonds. The van der Waals surface area contributed by atoms with Crippen LogP contribution in [0.25, 0.3) is 0 Å². The lowest BCUT2D eigenvalue weighted by Gasteiger charge is -2.11. The Hall–Kier alpha value is -1.23. The third-order valence-electron chi connectivity index (χ3n) is 2.62. The molecule has 2 aromatic carbocycles. The van der Waals surface area contributed by atoms with Crippen LogP contribution in [-0.2, 0) is 6.61 Å². The predicted molar refractivity (Wildman–Crippen MR) is 82.0 cm³/mol. The number of hydrogen-bond acceptors (Lipinski definition) is 3. The fraction of sp³-hybridized carbons (Fsp3) is 0.0714. The van der Waals surface area contributed by atoms with E-state index >= 15 is 0 Å². The van der Waals surface area contributed by atoms with Crippen LogP contribution in [0.15, 0.2) is 34.8 Å². The lowest BCUT2D eigenvalue weighted by Crippen LogP contribution is -1.98. The van der Waals surface area contributed by atoms with Gasteiger partial charge in [-0.2, -0.15) is 0 Å². The van der Waals surface area contributed by atoms with Gasteiger partial charge in [-0.3, -0.25) is 4.79 Å². The van der Waals surface area contributed by atoms with Crippen molar-refractivity contribution in [2.24, 2.45) is 0 Å². The average Bonchev–Trinajstić information content (AvgIpc) is 2.43. The number of phenols is 1. The zero-order valence-corrected chi connectivity index (χ0v) is 13.2. The van der Waals surface area contributed by atoms with Gasteiger partial charge in [-0.15, -0.1) is 0 Å². The van der Waals surface area contributed by atoms with Crippen LogP contribution in [0.2, 0.25) is 10.0 Å². The SMILES string of the molecule is O=Cc1cc(Cl)c(OCc2cccc(Br)c2Cl)cc1O. The van der Waals surface area contributed by atoms with Crippen molar-refractivity contribution in [2.75, 3.05) is 0 Å². The standard InChI is InChI=1S/C14H9BrCl2O3/c15-10-3-1-2-8(14(10)17)7-20-13-5-12(19)9(6-18)4-11(13)16/h1-6,19H,7H2. The normalized spacial score (nSPS) is 10.3. The Labute approximate surface area is 134 Å². The third-order valence-corrected chi connectivity index (χ3v) is 4.25. The number of halogens is 3. The van der Waals surface area contributed by atoms with E-state index in [0.29, 0.717) is 11.3 Å². The number of hydrogen-bond donors (Lipinski definition) is 1. The molecule has 0 aliphatic heterocycles. The van der Waals surface area contributed by atoms with Crippen LogP contribution < -0.4 is 4.74 Å². The molecule has 3 nitrogen and oxygen atoms in total. The van der Waals surface area contributed by atoms with Gasteiger partial charge in [0, 0.05) is 16.1 Å². The number of aldehydes is 1. The molecule has 0 saturated carbocycles. The van der Waals surface area contributed by atoms with Gasteiger partial charge in [-0.1, -0.05) is 35.3 Å². The number of benzene rings is 2. The molecular weight excluding hydrogens is 367 g/mol. The molecule has 6 heteroatoms. The molecule has 0 aliphatic rings. The van der Waals surface area contributed by atoms with E-state index in [2.05, 4.69) is 15.9 Å². The van der Waals surface area contributed by atoms with Gasteiger partial charge in [0.05, 0.1) is 15.6 Å². The number of rotatable bonds is 4. The molecule has 2 rings (SSSR count). The molecular formula is C14H9BrCl2O3. The van der Waals surface area contributed by atoms with Crippen LogP contribution in [0.5, 0.6) is 11.5 Å². The summed E-state index contributed by atoms with van der Waals surface area (Å²) in [5.41, 5.74) is 0.888. The van der Waals surface area contributed by atoms with Crippen molar-refractivity contribution in [2.45, 2.75) is 6.61 Å². The van der Waals surface area contributed by atoms with Gasteiger partial charge in [-0.25, -0.2) is 0 Å². The van der Waals surface area contributed by atoms with Crippen LogP contribution in [0.1, 0.15) is 15.9 Å². The van der Waals surface area contributed by atoms with E-state index in [0.717, 1.165) is 10.0 Å². The minimum atomic E-state index is -0.181. The molecule has 0 aliphatic carbocycles. The Bertz CT molecular complexity index is 659. The Morgan fingerprint density at radius 1 is 1.30 bits per heavy atom. The maximum absolute atomic E-state index is 10.7. The van der Waals surface area contributed by atoms with E-state index in [1.807, 2.05) is 18.2 Å². The first kappa shape index (κ1) is 15.2. The minimum absolute atomic E-state index is 0.114. The van der Waals surface area contributed by atoms with E-state index in [1.165, 1.54) is 12.1 Å². The minimum Gasteiger partial charge on any atom is -0.507 e. The van der Waals surface area contributed by atoms with Crippen molar-refractivity contribution in [3.8, 4) is 11.5 Å². The van der Waals surface area contributed by atoms with Gasteiger partial charge in [0.1, 0.15) is 18.1 Å². The van der Waals surface area contributed by atoms with E-state index < -0.39 is 0 Å². The molecule has 0 spiro atoms. The van der Waals surface area contributed by atoms with Crippen LogP contribution >= 0.6 is 39.1 Å². The smallest absolute Gasteiger partial charge is 0.153 e. The first-order valence-electron chi connectivity index (χ1n) is 5.56. The van der Waals surface area contributed by atoms with Gasteiger partial charge in [-0.05, 0) is 28.1 Å². The first-order valence-corrected chi connectivity index (χ1v) is 7.11. The molecule has 20 heavy (non-hydrogen) atoms. The van der Waals surface area contributed by atoms with Gasteiger partial charge in [0.2, 0.25) is 0 Å². The van der Waals surface area contributed by atoms with Crippen molar-refractivity contribution in [1.29, 1.82) is 0 Å². The largest absolute Gasteiger partial charge is 0.507 e. The summed E-state index contributed by atoms with van der Waals surface area (Å²) in [6.07, 6.45) is 0.524.